The molecule has 1 aromatic carbocycles. The van der Waals surface area contributed by atoms with Crippen molar-refractivity contribution in [2.24, 2.45) is 0 Å². The van der Waals surface area contributed by atoms with Gasteiger partial charge in [-0.1, -0.05) is 0 Å². The second kappa shape index (κ2) is 4.36. The number of hydrogen-bond acceptors (Lipinski definition) is 2. The number of H-pyrrole nitrogens is 1. The lowest BCUT2D eigenvalue weighted by molar-refractivity contribution is 0.778. The molecule has 0 amide bonds. The van der Waals surface area contributed by atoms with Gasteiger partial charge in [0.1, 0.15) is 5.82 Å². The Hall–Kier alpha value is -2.80. The molecular formula is C19H16N4. The first-order valence-corrected chi connectivity index (χ1v) is 7.97. The zero-order chi connectivity index (χ0) is 15.4. The summed E-state index contributed by atoms with van der Waals surface area (Å²) in [6.07, 6.45) is 6.54. The Bertz CT molecular complexity index is 973. The van der Waals surface area contributed by atoms with Crippen LogP contribution < -0.4 is 5.32 Å². The van der Waals surface area contributed by atoms with Crippen LogP contribution in [0, 0.1) is 6.57 Å². The van der Waals surface area contributed by atoms with E-state index in [-0.39, 0.29) is 0 Å². The van der Waals surface area contributed by atoms with Crippen LogP contribution in [-0.2, 0) is 12.0 Å². The molecule has 23 heavy (non-hydrogen) atoms. The van der Waals surface area contributed by atoms with Gasteiger partial charge in [0, 0.05) is 57.5 Å². The van der Waals surface area contributed by atoms with Gasteiger partial charge >= 0.3 is 0 Å². The molecule has 0 radical (unpaired) electrons. The number of pyridine rings is 1. The molecular weight excluding hydrogens is 284 g/mol. The molecule has 1 aliphatic carbocycles. The zero-order valence-electron chi connectivity index (χ0n) is 12.7. The van der Waals surface area contributed by atoms with E-state index >= 15 is 0 Å². The first-order chi connectivity index (χ1) is 11.3. The van der Waals surface area contributed by atoms with Crippen LogP contribution in [0.25, 0.3) is 26.9 Å². The number of benzene rings is 1. The van der Waals surface area contributed by atoms with Crippen LogP contribution >= 0.6 is 0 Å². The van der Waals surface area contributed by atoms with Crippen LogP contribution in [-0.4, -0.2) is 16.5 Å². The third-order valence-electron chi connectivity index (χ3n) is 5.23. The van der Waals surface area contributed by atoms with Gasteiger partial charge in [0.2, 0.25) is 6.54 Å². The van der Waals surface area contributed by atoms with Crippen LogP contribution in [0.3, 0.4) is 0 Å². The molecule has 5 rings (SSSR count). The average Bonchev–Trinajstić information content (AvgIpc) is 3.11. The molecule has 112 valence electrons. The molecule has 4 heteroatoms. The number of nitrogens with zero attached hydrogens (tertiary/aromatic N) is 2. The molecule has 3 aromatic rings. The Labute approximate surface area is 134 Å². The fraction of sp³-hybridized carbons (Fsp3) is 0.263. The molecule has 0 saturated heterocycles. The van der Waals surface area contributed by atoms with E-state index in [1.54, 1.807) is 0 Å². The van der Waals surface area contributed by atoms with Crippen LogP contribution in [0.5, 0.6) is 0 Å². The number of fused-ring (bicyclic) bond motifs is 3. The molecule has 1 aliphatic heterocycles. The second-order valence-electron chi connectivity index (χ2n) is 6.65. The van der Waals surface area contributed by atoms with E-state index in [0.717, 1.165) is 29.0 Å². The SMILES string of the molecule is [C-]#[N+]Cc1ccc2[nH]cc(-c3cnc4c(c3)C3(CC3)CN4)c2c1. The number of hydrogen-bond donors (Lipinski definition) is 2. The van der Waals surface area contributed by atoms with E-state index < -0.39 is 0 Å². The molecule has 0 bridgehead atoms. The van der Waals surface area contributed by atoms with Crippen LogP contribution in [0.2, 0.25) is 0 Å². The van der Waals surface area contributed by atoms with Crippen molar-refractivity contribution in [3.8, 4) is 11.1 Å². The molecule has 0 unspecified atom stereocenters. The largest absolute Gasteiger partial charge is 0.369 e. The van der Waals surface area contributed by atoms with Gasteiger partial charge < -0.3 is 15.1 Å². The predicted octanol–water partition coefficient (Wildman–Crippen LogP) is 4.11. The fourth-order valence-corrected chi connectivity index (χ4v) is 3.70. The summed E-state index contributed by atoms with van der Waals surface area (Å²) >= 11 is 0. The number of rotatable bonds is 2. The van der Waals surface area contributed by atoms with E-state index in [9.17, 15) is 0 Å². The van der Waals surface area contributed by atoms with Crippen LogP contribution in [0.1, 0.15) is 24.0 Å². The smallest absolute Gasteiger partial charge is 0.239 e. The first kappa shape index (κ1) is 12.7. The maximum atomic E-state index is 7.06. The molecule has 2 aliphatic rings. The molecule has 2 aromatic heterocycles. The molecule has 3 heterocycles. The first-order valence-electron chi connectivity index (χ1n) is 7.97. The lowest BCUT2D eigenvalue weighted by atomic mass is 9.96. The van der Waals surface area contributed by atoms with Gasteiger partial charge in [-0.15, -0.1) is 0 Å². The number of aromatic amines is 1. The van der Waals surface area contributed by atoms with Crippen molar-refractivity contribution in [3.63, 3.8) is 0 Å². The molecule has 2 N–H and O–H groups in total. The summed E-state index contributed by atoms with van der Waals surface area (Å²) in [5, 5.41) is 4.61. The summed E-state index contributed by atoms with van der Waals surface area (Å²) in [5.74, 6) is 1.06. The van der Waals surface area contributed by atoms with Gasteiger partial charge in [-0.25, -0.2) is 11.6 Å². The average molecular weight is 300 g/mol. The summed E-state index contributed by atoms with van der Waals surface area (Å²) in [6, 6.07) is 8.51. The third-order valence-corrected chi connectivity index (χ3v) is 5.23. The van der Waals surface area contributed by atoms with Crippen LogP contribution in [0.15, 0.2) is 36.7 Å². The van der Waals surface area contributed by atoms with Gasteiger partial charge in [0.25, 0.3) is 0 Å². The lowest BCUT2D eigenvalue weighted by Gasteiger charge is -2.07. The highest BCUT2D eigenvalue weighted by atomic mass is 15.0. The maximum Gasteiger partial charge on any atom is 0.239 e. The highest BCUT2D eigenvalue weighted by Gasteiger charge is 2.49. The van der Waals surface area contributed by atoms with E-state index in [0.29, 0.717) is 12.0 Å². The molecule has 1 spiro atoms. The highest BCUT2D eigenvalue weighted by Crippen LogP contribution is 2.54. The van der Waals surface area contributed by atoms with Crippen molar-refractivity contribution in [2.75, 3.05) is 11.9 Å². The van der Waals surface area contributed by atoms with Crippen molar-refractivity contribution in [3.05, 3.63) is 59.2 Å². The number of aromatic nitrogens is 2. The topological polar surface area (TPSA) is 45.1 Å². The molecule has 1 fully saturated rings. The maximum absolute atomic E-state index is 7.06. The van der Waals surface area contributed by atoms with Gasteiger partial charge in [0.15, 0.2) is 0 Å². The Morgan fingerprint density at radius 1 is 1.26 bits per heavy atom. The quantitative estimate of drug-likeness (QED) is 0.700. The summed E-state index contributed by atoms with van der Waals surface area (Å²) in [4.78, 5) is 11.5. The van der Waals surface area contributed by atoms with E-state index in [4.69, 9.17) is 6.57 Å². The van der Waals surface area contributed by atoms with Gasteiger partial charge in [-0.3, -0.25) is 0 Å². The third kappa shape index (κ3) is 1.80. The van der Waals surface area contributed by atoms with Crippen molar-refractivity contribution >= 4 is 16.7 Å². The fourth-order valence-electron chi connectivity index (χ4n) is 3.70. The van der Waals surface area contributed by atoms with Gasteiger partial charge in [0.05, 0.1) is 0 Å². The minimum atomic E-state index is 0.347. The number of anilines is 1. The molecule has 0 atom stereocenters. The Morgan fingerprint density at radius 3 is 3.00 bits per heavy atom. The Morgan fingerprint density at radius 2 is 2.17 bits per heavy atom. The summed E-state index contributed by atoms with van der Waals surface area (Å²) < 4.78 is 0. The van der Waals surface area contributed by atoms with Crippen molar-refractivity contribution in [2.45, 2.75) is 24.8 Å². The predicted molar refractivity (Wildman–Crippen MR) is 91.2 cm³/mol. The Kier molecular flexibility index (Phi) is 2.41. The molecule has 4 nitrogen and oxygen atoms in total. The normalized spacial score (nSPS) is 17.0. The standard InChI is InChI=1S/C19H16N4/c1-20-8-12-2-3-17-14(6-12)15(10-21-17)13-7-16-18(22-9-13)23-11-19(16)4-5-19/h2-3,6-7,9-10,21H,4-5,8,11H2,(H,22,23). The minimum Gasteiger partial charge on any atom is -0.369 e. The lowest BCUT2D eigenvalue weighted by Crippen LogP contribution is -2.08. The van der Waals surface area contributed by atoms with Crippen LogP contribution in [0.4, 0.5) is 5.82 Å². The summed E-state index contributed by atoms with van der Waals surface area (Å²) in [6.45, 7) is 8.52. The number of nitrogens with one attached hydrogen (secondary N) is 2. The summed E-state index contributed by atoms with van der Waals surface area (Å²) in [5.41, 5.74) is 6.22. The van der Waals surface area contributed by atoms with Gasteiger partial charge in [-0.2, -0.15) is 0 Å². The highest BCUT2D eigenvalue weighted by molar-refractivity contribution is 5.96. The van der Waals surface area contributed by atoms with Gasteiger partial charge in [-0.05, 0) is 37.1 Å². The van der Waals surface area contributed by atoms with Crippen molar-refractivity contribution < 1.29 is 0 Å². The van der Waals surface area contributed by atoms with E-state index in [1.807, 2.05) is 12.3 Å². The molecule has 1 saturated carbocycles. The summed E-state index contributed by atoms with van der Waals surface area (Å²) in [7, 11) is 0. The zero-order valence-corrected chi connectivity index (χ0v) is 12.7. The van der Waals surface area contributed by atoms with Crippen molar-refractivity contribution in [1.82, 2.24) is 9.97 Å². The Balaban J connectivity index is 1.66. The second-order valence-corrected chi connectivity index (χ2v) is 6.65. The van der Waals surface area contributed by atoms with E-state index in [2.05, 4.69) is 44.5 Å². The minimum absolute atomic E-state index is 0.347. The monoisotopic (exact) mass is 300 g/mol. The van der Waals surface area contributed by atoms with Crippen molar-refractivity contribution in [1.29, 1.82) is 0 Å². The van der Waals surface area contributed by atoms with E-state index in [1.165, 1.54) is 29.4 Å².